The van der Waals surface area contributed by atoms with Crippen molar-refractivity contribution in [2.45, 2.75) is 63.9 Å². The van der Waals surface area contributed by atoms with E-state index in [0.29, 0.717) is 19.6 Å². The summed E-state index contributed by atoms with van der Waals surface area (Å²) in [5.41, 5.74) is 0. The van der Waals surface area contributed by atoms with Crippen molar-refractivity contribution in [1.29, 1.82) is 0 Å². The molecule has 2 aliphatic rings. The maximum atomic E-state index is 11.7. The molecule has 1 amide bonds. The van der Waals surface area contributed by atoms with Gasteiger partial charge in [-0.05, 0) is 39.5 Å². The van der Waals surface area contributed by atoms with Crippen molar-refractivity contribution in [3.05, 3.63) is 0 Å². The third-order valence-corrected chi connectivity index (χ3v) is 3.56. The first kappa shape index (κ1) is 14.8. The number of rotatable bonds is 5. The highest BCUT2D eigenvalue weighted by atomic mass is 16.7. The van der Waals surface area contributed by atoms with Crippen molar-refractivity contribution in [3.63, 3.8) is 0 Å². The Hall–Kier alpha value is -0.650. The Kier molecular flexibility index (Phi) is 5.19. The van der Waals surface area contributed by atoms with Gasteiger partial charge in [-0.15, -0.1) is 0 Å². The van der Waals surface area contributed by atoms with E-state index in [2.05, 4.69) is 5.32 Å². The maximum absolute atomic E-state index is 11.7. The molecular weight excluding hydrogens is 246 g/mol. The van der Waals surface area contributed by atoms with Crippen molar-refractivity contribution in [3.8, 4) is 0 Å². The van der Waals surface area contributed by atoms with E-state index in [9.17, 15) is 4.79 Å². The molecule has 2 aliphatic heterocycles. The number of hydrogen-bond acceptors (Lipinski definition) is 4. The summed E-state index contributed by atoms with van der Waals surface area (Å²) >= 11 is 0. The Morgan fingerprint density at radius 3 is 2.79 bits per heavy atom. The van der Waals surface area contributed by atoms with Crippen LogP contribution in [0.25, 0.3) is 0 Å². The van der Waals surface area contributed by atoms with Crippen molar-refractivity contribution < 1.29 is 19.0 Å². The Balaban J connectivity index is 1.57. The first-order chi connectivity index (χ1) is 9.05. The third-order valence-electron chi connectivity index (χ3n) is 3.56. The zero-order valence-electron chi connectivity index (χ0n) is 11.9. The third kappa shape index (κ3) is 5.09. The number of hydrogen-bond donors (Lipinski definition) is 1. The lowest BCUT2D eigenvalue weighted by Gasteiger charge is -2.22. The van der Waals surface area contributed by atoms with E-state index >= 15 is 0 Å². The van der Waals surface area contributed by atoms with Gasteiger partial charge in [0.1, 0.15) is 6.10 Å². The van der Waals surface area contributed by atoms with Gasteiger partial charge < -0.3 is 19.5 Å². The number of amides is 1. The molecule has 0 aromatic rings. The first-order valence-corrected chi connectivity index (χ1v) is 7.25. The smallest absolute Gasteiger partial charge is 0.220 e. The van der Waals surface area contributed by atoms with E-state index in [0.717, 1.165) is 25.9 Å². The zero-order chi connectivity index (χ0) is 13.7. The molecule has 110 valence electrons. The van der Waals surface area contributed by atoms with Gasteiger partial charge in [-0.1, -0.05) is 0 Å². The van der Waals surface area contributed by atoms with Gasteiger partial charge in [0.25, 0.3) is 0 Å². The molecule has 0 radical (unpaired) electrons. The molecule has 2 atom stereocenters. The lowest BCUT2D eigenvalue weighted by atomic mass is 10.0. The van der Waals surface area contributed by atoms with Gasteiger partial charge in [-0.3, -0.25) is 4.79 Å². The topological polar surface area (TPSA) is 56.8 Å². The predicted octanol–water partition coefficient (Wildman–Crippen LogP) is 1.60. The summed E-state index contributed by atoms with van der Waals surface area (Å²) in [6.45, 7) is 5.67. The number of ether oxygens (including phenoxy) is 3. The van der Waals surface area contributed by atoms with Gasteiger partial charge in [-0.25, -0.2) is 0 Å². The summed E-state index contributed by atoms with van der Waals surface area (Å²) in [5.74, 6) is -0.451. The summed E-state index contributed by atoms with van der Waals surface area (Å²) in [6, 6.07) is 0. The zero-order valence-corrected chi connectivity index (χ0v) is 11.9. The summed E-state index contributed by atoms with van der Waals surface area (Å²) in [6.07, 6.45) is 5.03. The summed E-state index contributed by atoms with van der Waals surface area (Å²) in [7, 11) is 0. The SMILES string of the molecule is CC1(C)OCC(CNC(=O)CCC2CCCCO2)O1. The molecule has 0 aromatic heterocycles. The summed E-state index contributed by atoms with van der Waals surface area (Å²) < 4.78 is 16.7. The fraction of sp³-hybridized carbons (Fsp3) is 0.929. The quantitative estimate of drug-likeness (QED) is 0.825. The molecule has 2 rings (SSSR count). The Morgan fingerprint density at radius 2 is 2.16 bits per heavy atom. The minimum absolute atomic E-state index is 0.0371. The van der Waals surface area contributed by atoms with Crippen LogP contribution >= 0.6 is 0 Å². The van der Waals surface area contributed by atoms with Gasteiger partial charge >= 0.3 is 0 Å². The second kappa shape index (κ2) is 6.68. The molecule has 0 bridgehead atoms. The van der Waals surface area contributed by atoms with E-state index in [4.69, 9.17) is 14.2 Å². The predicted molar refractivity (Wildman–Crippen MR) is 70.7 cm³/mol. The first-order valence-electron chi connectivity index (χ1n) is 7.25. The molecule has 0 aromatic carbocycles. The Labute approximate surface area is 115 Å². The van der Waals surface area contributed by atoms with Crippen LogP contribution in [0, 0.1) is 0 Å². The molecule has 0 aliphatic carbocycles. The van der Waals surface area contributed by atoms with E-state index in [-0.39, 0.29) is 18.1 Å². The van der Waals surface area contributed by atoms with Gasteiger partial charge in [-0.2, -0.15) is 0 Å². The number of carbonyl (C=O) groups excluding carboxylic acids is 1. The Morgan fingerprint density at radius 1 is 1.32 bits per heavy atom. The molecule has 2 fully saturated rings. The molecule has 0 spiro atoms. The molecule has 2 unspecified atom stereocenters. The van der Waals surface area contributed by atoms with Crippen molar-refractivity contribution in [2.24, 2.45) is 0 Å². The van der Waals surface area contributed by atoms with E-state index in [1.165, 1.54) is 6.42 Å². The summed E-state index contributed by atoms with van der Waals surface area (Å²) in [5, 5.41) is 2.90. The summed E-state index contributed by atoms with van der Waals surface area (Å²) in [4.78, 5) is 11.7. The maximum Gasteiger partial charge on any atom is 0.220 e. The van der Waals surface area contributed by atoms with Gasteiger partial charge in [0.2, 0.25) is 5.91 Å². The van der Waals surface area contributed by atoms with Crippen LogP contribution in [-0.4, -0.2) is 43.7 Å². The van der Waals surface area contributed by atoms with Crippen LogP contribution in [0.3, 0.4) is 0 Å². The minimum atomic E-state index is -0.522. The molecule has 19 heavy (non-hydrogen) atoms. The average Bonchev–Trinajstić information content (AvgIpc) is 2.75. The van der Waals surface area contributed by atoms with E-state index in [1.807, 2.05) is 13.8 Å². The minimum Gasteiger partial charge on any atom is -0.378 e. The van der Waals surface area contributed by atoms with Crippen LogP contribution in [0.4, 0.5) is 0 Å². The van der Waals surface area contributed by atoms with Crippen LogP contribution < -0.4 is 5.32 Å². The van der Waals surface area contributed by atoms with Gasteiger partial charge in [0, 0.05) is 19.6 Å². The Bertz CT molecular complexity index is 300. The van der Waals surface area contributed by atoms with Crippen molar-refractivity contribution >= 4 is 5.91 Å². The average molecular weight is 271 g/mol. The van der Waals surface area contributed by atoms with E-state index in [1.54, 1.807) is 0 Å². The van der Waals surface area contributed by atoms with Crippen molar-refractivity contribution in [1.82, 2.24) is 5.32 Å². The second-order valence-corrected chi connectivity index (χ2v) is 5.78. The highest BCUT2D eigenvalue weighted by Crippen LogP contribution is 2.21. The standard InChI is InChI=1S/C14H25NO4/c1-14(2)18-10-12(19-14)9-15-13(16)7-6-11-5-3-4-8-17-11/h11-12H,3-10H2,1-2H3,(H,15,16). The van der Waals surface area contributed by atoms with Gasteiger partial charge in [0.15, 0.2) is 5.79 Å². The lowest BCUT2D eigenvalue weighted by molar-refractivity contribution is -0.139. The van der Waals surface area contributed by atoms with Crippen LogP contribution in [0.2, 0.25) is 0 Å². The lowest BCUT2D eigenvalue weighted by Crippen LogP contribution is -2.35. The molecule has 0 saturated carbocycles. The van der Waals surface area contributed by atoms with Crippen LogP contribution in [0.15, 0.2) is 0 Å². The fourth-order valence-corrected chi connectivity index (χ4v) is 2.51. The normalized spacial score (nSPS) is 30.2. The molecule has 2 saturated heterocycles. The molecule has 5 heteroatoms. The second-order valence-electron chi connectivity index (χ2n) is 5.78. The molecule has 5 nitrogen and oxygen atoms in total. The fourth-order valence-electron chi connectivity index (χ4n) is 2.51. The highest BCUT2D eigenvalue weighted by molar-refractivity contribution is 5.75. The molecular formula is C14H25NO4. The molecule has 2 heterocycles. The van der Waals surface area contributed by atoms with Crippen LogP contribution in [0.1, 0.15) is 46.0 Å². The van der Waals surface area contributed by atoms with E-state index < -0.39 is 5.79 Å². The molecule has 1 N–H and O–H groups in total. The number of nitrogens with one attached hydrogen (secondary N) is 1. The number of carbonyl (C=O) groups is 1. The van der Waals surface area contributed by atoms with Crippen LogP contribution in [-0.2, 0) is 19.0 Å². The van der Waals surface area contributed by atoms with Crippen LogP contribution in [0.5, 0.6) is 0 Å². The highest BCUT2D eigenvalue weighted by Gasteiger charge is 2.32. The van der Waals surface area contributed by atoms with Crippen molar-refractivity contribution in [2.75, 3.05) is 19.8 Å². The van der Waals surface area contributed by atoms with Gasteiger partial charge in [0.05, 0.1) is 12.7 Å². The largest absolute Gasteiger partial charge is 0.378 e. The monoisotopic (exact) mass is 271 g/mol.